The van der Waals surface area contributed by atoms with Crippen molar-refractivity contribution in [2.75, 3.05) is 10.6 Å². The van der Waals surface area contributed by atoms with Crippen LogP contribution in [0.5, 0.6) is 0 Å². The Morgan fingerprint density at radius 2 is 1.72 bits per heavy atom. The number of anilines is 2. The van der Waals surface area contributed by atoms with Crippen LogP contribution in [0.4, 0.5) is 11.9 Å². The lowest BCUT2D eigenvalue weighted by Crippen LogP contribution is -2.28. The molecule has 2 N–H and O–H groups in total. The van der Waals surface area contributed by atoms with E-state index in [1.807, 2.05) is 41.1 Å². The van der Waals surface area contributed by atoms with Crippen molar-refractivity contribution in [3.05, 3.63) is 95.9 Å². The highest BCUT2D eigenvalue weighted by atomic mass is 16.3. The van der Waals surface area contributed by atoms with Gasteiger partial charge in [0.1, 0.15) is 0 Å². The van der Waals surface area contributed by atoms with Crippen molar-refractivity contribution in [2.45, 2.75) is 18.5 Å². The fourth-order valence-corrected chi connectivity index (χ4v) is 3.66. The second-order valence-corrected chi connectivity index (χ2v) is 6.90. The molecule has 1 amide bonds. The summed E-state index contributed by atoms with van der Waals surface area (Å²) < 4.78 is 6.98. The summed E-state index contributed by atoms with van der Waals surface area (Å²) in [5.74, 6) is 0.693. The molecule has 0 aliphatic carbocycles. The molecule has 1 aliphatic heterocycles. The minimum absolute atomic E-state index is 0.000536. The number of amides is 1. The monoisotopic (exact) mass is 385 g/mol. The molecule has 0 spiro atoms. The van der Waals surface area contributed by atoms with Gasteiger partial charge >= 0.3 is 0 Å². The van der Waals surface area contributed by atoms with Crippen LogP contribution in [-0.4, -0.2) is 20.7 Å². The largest absolute Gasteiger partial charge is 0.459 e. The van der Waals surface area contributed by atoms with Gasteiger partial charge in [-0.05, 0) is 29.7 Å². The number of hydrogen-bond donors (Lipinski definition) is 2. The summed E-state index contributed by atoms with van der Waals surface area (Å²) in [6.45, 7) is 0. The number of rotatable bonds is 4. The third-order valence-electron chi connectivity index (χ3n) is 5.05. The summed E-state index contributed by atoms with van der Waals surface area (Å²) in [4.78, 5) is 16.8. The number of carbonyl (C=O) groups is 1. The predicted molar refractivity (Wildman–Crippen MR) is 109 cm³/mol. The first kappa shape index (κ1) is 17.2. The minimum atomic E-state index is -0.381. The Kier molecular flexibility index (Phi) is 4.32. The van der Waals surface area contributed by atoms with Crippen LogP contribution in [0.15, 0.2) is 83.5 Å². The van der Waals surface area contributed by atoms with Gasteiger partial charge in [-0.15, -0.1) is 5.10 Å². The second-order valence-electron chi connectivity index (χ2n) is 6.90. The van der Waals surface area contributed by atoms with E-state index in [9.17, 15) is 4.79 Å². The first-order chi connectivity index (χ1) is 14.3. The number of hydrogen-bond acceptors (Lipinski definition) is 5. The molecule has 1 aliphatic rings. The van der Waals surface area contributed by atoms with Gasteiger partial charge in [0, 0.05) is 0 Å². The van der Waals surface area contributed by atoms with Gasteiger partial charge in [0.15, 0.2) is 5.76 Å². The SMILES string of the molecule is O=C(Nc1nc2n(n1)[C@@H](c1ccccc1)C[C@H](c1ccccc1)N2)c1ccco1. The highest BCUT2D eigenvalue weighted by Crippen LogP contribution is 2.38. The Morgan fingerprint density at radius 3 is 2.41 bits per heavy atom. The van der Waals surface area contributed by atoms with Crippen LogP contribution in [0.3, 0.4) is 0 Å². The van der Waals surface area contributed by atoms with Gasteiger partial charge in [0.25, 0.3) is 11.9 Å². The van der Waals surface area contributed by atoms with Gasteiger partial charge < -0.3 is 9.73 Å². The van der Waals surface area contributed by atoms with Gasteiger partial charge in [-0.2, -0.15) is 4.98 Å². The van der Waals surface area contributed by atoms with Crippen LogP contribution in [-0.2, 0) is 0 Å². The molecule has 0 saturated heterocycles. The molecular weight excluding hydrogens is 366 g/mol. The van der Waals surface area contributed by atoms with Gasteiger partial charge in [0.2, 0.25) is 5.95 Å². The normalized spacial score (nSPS) is 17.9. The van der Waals surface area contributed by atoms with E-state index in [1.54, 1.807) is 12.1 Å². The molecule has 2 aromatic carbocycles. The number of nitrogens with zero attached hydrogens (tertiary/aromatic N) is 3. The zero-order valence-corrected chi connectivity index (χ0v) is 15.5. The van der Waals surface area contributed by atoms with Crippen molar-refractivity contribution in [3.8, 4) is 0 Å². The molecule has 3 heterocycles. The third kappa shape index (κ3) is 3.38. The molecule has 2 atom stereocenters. The number of nitrogens with one attached hydrogen (secondary N) is 2. The predicted octanol–water partition coefficient (Wildman–Crippen LogP) is 4.27. The van der Waals surface area contributed by atoms with Crippen molar-refractivity contribution in [1.82, 2.24) is 14.8 Å². The Labute approximate surface area is 167 Å². The maximum absolute atomic E-state index is 12.3. The Bertz CT molecular complexity index is 1110. The van der Waals surface area contributed by atoms with Crippen molar-refractivity contribution in [1.29, 1.82) is 0 Å². The first-order valence-corrected chi connectivity index (χ1v) is 9.46. The average molecular weight is 385 g/mol. The van der Waals surface area contributed by atoms with Gasteiger partial charge in [-0.1, -0.05) is 60.7 Å². The van der Waals surface area contributed by atoms with Crippen molar-refractivity contribution < 1.29 is 9.21 Å². The van der Waals surface area contributed by atoms with Crippen LogP contribution in [0.1, 0.15) is 40.2 Å². The lowest BCUT2D eigenvalue weighted by atomic mass is 9.93. The summed E-state index contributed by atoms with van der Waals surface area (Å²) in [7, 11) is 0. The van der Waals surface area contributed by atoms with Crippen LogP contribution >= 0.6 is 0 Å². The highest BCUT2D eigenvalue weighted by Gasteiger charge is 2.31. The van der Waals surface area contributed by atoms with Gasteiger partial charge in [0.05, 0.1) is 18.3 Å². The number of furan rings is 1. The maximum atomic E-state index is 12.3. The van der Waals surface area contributed by atoms with E-state index in [0.29, 0.717) is 5.95 Å². The molecule has 7 nitrogen and oxygen atoms in total. The van der Waals surface area contributed by atoms with Crippen LogP contribution in [0.25, 0.3) is 0 Å². The van der Waals surface area contributed by atoms with Crippen LogP contribution in [0, 0.1) is 0 Å². The fourth-order valence-electron chi connectivity index (χ4n) is 3.66. The zero-order valence-electron chi connectivity index (χ0n) is 15.5. The Balaban J connectivity index is 1.49. The summed E-state index contributed by atoms with van der Waals surface area (Å²) in [6, 6.07) is 23.8. The van der Waals surface area contributed by atoms with E-state index in [2.05, 4.69) is 45.0 Å². The minimum Gasteiger partial charge on any atom is -0.459 e. The first-order valence-electron chi connectivity index (χ1n) is 9.46. The zero-order chi connectivity index (χ0) is 19.6. The lowest BCUT2D eigenvalue weighted by Gasteiger charge is -2.31. The van der Waals surface area contributed by atoms with Crippen molar-refractivity contribution in [2.24, 2.45) is 0 Å². The molecule has 0 bridgehead atoms. The Hall–Kier alpha value is -3.87. The molecule has 5 rings (SSSR count). The number of carbonyl (C=O) groups excluding carboxylic acids is 1. The van der Waals surface area contributed by atoms with E-state index in [0.717, 1.165) is 12.0 Å². The van der Waals surface area contributed by atoms with Crippen LogP contribution in [0.2, 0.25) is 0 Å². The maximum Gasteiger partial charge on any atom is 0.293 e. The number of fused-ring (bicyclic) bond motifs is 1. The van der Waals surface area contributed by atoms with E-state index in [-0.39, 0.29) is 29.7 Å². The summed E-state index contributed by atoms with van der Waals surface area (Å²) in [5.41, 5.74) is 2.33. The van der Waals surface area contributed by atoms with E-state index in [1.165, 1.54) is 11.8 Å². The lowest BCUT2D eigenvalue weighted by molar-refractivity contribution is 0.0995. The molecular formula is C22H19N5O2. The Morgan fingerprint density at radius 1 is 1.00 bits per heavy atom. The molecule has 0 saturated carbocycles. The smallest absolute Gasteiger partial charge is 0.293 e. The van der Waals surface area contributed by atoms with Crippen LogP contribution < -0.4 is 10.6 Å². The topological polar surface area (TPSA) is 85.0 Å². The molecule has 0 fully saturated rings. The third-order valence-corrected chi connectivity index (χ3v) is 5.05. The number of benzene rings is 2. The fraction of sp³-hybridized carbons (Fsp3) is 0.136. The summed E-state index contributed by atoms with van der Waals surface area (Å²) in [5, 5.41) is 10.7. The van der Waals surface area contributed by atoms with Crippen molar-refractivity contribution >= 4 is 17.8 Å². The van der Waals surface area contributed by atoms with E-state index >= 15 is 0 Å². The number of aromatic nitrogens is 3. The second kappa shape index (κ2) is 7.27. The summed E-state index contributed by atoms with van der Waals surface area (Å²) >= 11 is 0. The quantitative estimate of drug-likeness (QED) is 0.548. The van der Waals surface area contributed by atoms with Crippen molar-refractivity contribution in [3.63, 3.8) is 0 Å². The summed E-state index contributed by atoms with van der Waals surface area (Å²) in [6.07, 6.45) is 2.27. The van der Waals surface area contributed by atoms with E-state index < -0.39 is 0 Å². The van der Waals surface area contributed by atoms with Gasteiger partial charge in [-0.3, -0.25) is 10.1 Å². The molecule has 2 aromatic heterocycles. The molecule has 0 radical (unpaired) electrons. The molecule has 0 unspecified atom stereocenters. The molecule has 4 aromatic rings. The molecule has 7 heteroatoms. The molecule has 29 heavy (non-hydrogen) atoms. The molecule has 144 valence electrons. The van der Waals surface area contributed by atoms with Gasteiger partial charge in [-0.25, -0.2) is 4.68 Å². The van der Waals surface area contributed by atoms with E-state index in [4.69, 9.17) is 4.42 Å². The standard InChI is InChI=1S/C22H19N5O2/c28-20(19-12-7-13-29-19)24-21-25-22-23-17(15-8-3-1-4-9-15)14-18(27(22)26-21)16-10-5-2-6-11-16/h1-13,17-18H,14H2,(H2,23,24,25,26,28)/t17-,18-/m1/s1. The average Bonchev–Trinajstić information content (AvgIpc) is 3.44. The highest BCUT2D eigenvalue weighted by molar-refractivity contribution is 6.01.